The van der Waals surface area contributed by atoms with Crippen molar-refractivity contribution in [2.24, 2.45) is 17.8 Å². The minimum absolute atomic E-state index is 0.0439. The molecule has 2 rings (SSSR count). The van der Waals surface area contributed by atoms with Gasteiger partial charge in [-0.25, -0.2) is 0 Å². The summed E-state index contributed by atoms with van der Waals surface area (Å²) >= 11 is 0. The Morgan fingerprint density at radius 3 is 2.65 bits per heavy atom. The highest BCUT2D eigenvalue weighted by Gasteiger charge is 2.40. The number of aliphatic hydroxyl groups is 1. The van der Waals surface area contributed by atoms with Gasteiger partial charge in [0.2, 0.25) is 0 Å². The first-order valence-electron chi connectivity index (χ1n) is 8.52. The summed E-state index contributed by atoms with van der Waals surface area (Å²) < 4.78 is 6.14. The number of nitrogens with one attached hydrogen (secondary N) is 1. The monoisotopic (exact) mass is 283 g/mol. The predicted molar refractivity (Wildman–Crippen MR) is 82.8 cm³/mol. The van der Waals surface area contributed by atoms with E-state index in [1.807, 2.05) is 7.05 Å². The first-order valence-corrected chi connectivity index (χ1v) is 8.52. The van der Waals surface area contributed by atoms with Crippen molar-refractivity contribution in [1.29, 1.82) is 0 Å². The van der Waals surface area contributed by atoms with Gasteiger partial charge in [-0.15, -0.1) is 0 Å². The molecule has 20 heavy (non-hydrogen) atoms. The lowest BCUT2D eigenvalue weighted by molar-refractivity contribution is -0.00864. The van der Waals surface area contributed by atoms with E-state index in [2.05, 4.69) is 19.2 Å². The van der Waals surface area contributed by atoms with Crippen LogP contribution in [0.25, 0.3) is 0 Å². The normalized spacial score (nSPS) is 42.0. The second-order valence-corrected chi connectivity index (χ2v) is 7.20. The molecule has 0 bridgehead atoms. The molecule has 0 aliphatic heterocycles. The SMILES string of the molecule is CNC1(CO)CCCC1CCOC1CCC(C)C(C)C1. The Kier molecular flexibility index (Phi) is 5.88. The molecule has 2 aliphatic carbocycles. The maximum Gasteiger partial charge on any atom is 0.0615 e. The molecule has 2 N–H and O–H groups in total. The van der Waals surface area contributed by atoms with Gasteiger partial charge in [0.25, 0.3) is 0 Å². The summed E-state index contributed by atoms with van der Waals surface area (Å²) in [6.45, 7) is 5.84. The van der Waals surface area contributed by atoms with Crippen molar-refractivity contribution in [2.75, 3.05) is 20.3 Å². The molecular formula is C17H33NO2. The van der Waals surface area contributed by atoms with Gasteiger partial charge in [-0.05, 0) is 63.3 Å². The van der Waals surface area contributed by atoms with Crippen LogP contribution >= 0.6 is 0 Å². The van der Waals surface area contributed by atoms with Crippen LogP contribution in [0.1, 0.15) is 58.8 Å². The van der Waals surface area contributed by atoms with Gasteiger partial charge >= 0.3 is 0 Å². The van der Waals surface area contributed by atoms with Gasteiger partial charge in [-0.2, -0.15) is 0 Å². The van der Waals surface area contributed by atoms with E-state index in [0.29, 0.717) is 12.0 Å². The van der Waals surface area contributed by atoms with Crippen LogP contribution in [-0.4, -0.2) is 37.0 Å². The number of rotatable bonds is 6. The first-order chi connectivity index (χ1) is 9.61. The van der Waals surface area contributed by atoms with Gasteiger partial charge < -0.3 is 15.2 Å². The molecule has 5 atom stereocenters. The van der Waals surface area contributed by atoms with Crippen LogP contribution in [0.15, 0.2) is 0 Å². The highest BCUT2D eigenvalue weighted by molar-refractivity contribution is 4.97. The third kappa shape index (κ3) is 3.55. The van der Waals surface area contributed by atoms with E-state index < -0.39 is 0 Å². The van der Waals surface area contributed by atoms with Crippen LogP contribution in [0, 0.1) is 17.8 Å². The Labute approximate surface area is 124 Å². The number of hydrogen-bond acceptors (Lipinski definition) is 3. The summed E-state index contributed by atoms with van der Waals surface area (Å²) in [5, 5.41) is 13.1. The van der Waals surface area contributed by atoms with Gasteiger partial charge in [-0.1, -0.05) is 20.3 Å². The summed E-state index contributed by atoms with van der Waals surface area (Å²) in [6, 6.07) is 0. The van der Waals surface area contributed by atoms with E-state index in [0.717, 1.165) is 31.3 Å². The zero-order chi connectivity index (χ0) is 14.6. The average Bonchev–Trinajstić information content (AvgIpc) is 2.86. The molecule has 0 aromatic carbocycles. The van der Waals surface area contributed by atoms with Crippen LogP contribution in [-0.2, 0) is 4.74 Å². The third-order valence-corrected chi connectivity index (χ3v) is 6.11. The average molecular weight is 283 g/mol. The molecular weight excluding hydrogens is 250 g/mol. The van der Waals surface area contributed by atoms with Crippen molar-refractivity contribution in [2.45, 2.75) is 70.4 Å². The molecule has 3 heteroatoms. The lowest BCUT2D eigenvalue weighted by Gasteiger charge is -2.35. The van der Waals surface area contributed by atoms with Crippen molar-refractivity contribution in [1.82, 2.24) is 5.32 Å². The quantitative estimate of drug-likeness (QED) is 0.787. The van der Waals surface area contributed by atoms with E-state index in [1.165, 1.54) is 32.1 Å². The highest BCUT2D eigenvalue weighted by atomic mass is 16.5. The van der Waals surface area contributed by atoms with Gasteiger partial charge in [0, 0.05) is 12.1 Å². The molecule has 3 nitrogen and oxygen atoms in total. The Morgan fingerprint density at radius 1 is 1.20 bits per heavy atom. The van der Waals surface area contributed by atoms with Crippen LogP contribution in [0.4, 0.5) is 0 Å². The molecule has 0 radical (unpaired) electrons. The zero-order valence-electron chi connectivity index (χ0n) is 13.5. The Hall–Kier alpha value is -0.120. The van der Waals surface area contributed by atoms with Crippen molar-refractivity contribution < 1.29 is 9.84 Å². The van der Waals surface area contributed by atoms with Crippen LogP contribution in [0.2, 0.25) is 0 Å². The standard InChI is InChI=1S/C17H33NO2/c1-13-6-7-16(11-14(13)2)20-10-8-15-5-4-9-17(15,12-19)18-3/h13-16,18-19H,4-12H2,1-3H3. The van der Waals surface area contributed by atoms with E-state index in [-0.39, 0.29) is 12.1 Å². The summed E-state index contributed by atoms with van der Waals surface area (Å²) in [5.74, 6) is 2.22. The van der Waals surface area contributed by atoms with Gasteiger partial charge in [0.1, 0.15) is 0 Å². The second-order valence-electron chi connectivity index (χ2n) is 7.20. The smallest absolute Gasteiger partial charge is 0.0615 e. The van der Waals surface area contributed by atoms with Crippen LogP contribution in [0.3, 0.4) is 0 Å². The third-order valence-electron chi connectivity index (χ3n) is 6.11. The molecule has 0 heterocycles. The molecule has 5 unspecified atom stereocenters. The maximum atomic E-state index is 9.70. The summed E-state index contributed by atoms with van der Waals surface area (Å²) in [6.07, 6.45) is 8.88. The van der Waals surface area contributed by atoms with E-state index >= 15 is 0 Å². The molecule has 0 saturated heterocycles. The largest absolute Gasteiger partial charge is 0.394 e. The fraction of sp³-hybridized carbons (Fsp3) is 1.00. The minimum Gasteiger partial charge on any atom is -0.394 e. The van der Waals surface area contributed by atoms with Gasteiger partial charge in [0.05, 0.1) is 12.7 Å². The van der Waals surface area contributed by atoms with E-state index in [1.54, 1.807) is 0 Å². The first kappa shape index (κ1) is 16.3. The summed E-state index contributed by atoms with van der Waals surface area (Å²) in [4.78, 5) is 0. The number of hydrogen-bond donors (Lipinski definition) is 2. The molecule has 0 amide bonds. The van der Waals surface area contributed by atoms with Crippen molar-refractivity contribution in [3.8, 4) is 0 Å². The van der Waals surface area contributed by atoms with Gasteiger partial charge in [-0.3, -0.25) is 0 Å². The maximum absolute atomic E-state index is 9.70. The predicted octanol–water partition coefficient (Wildman–Crippen LogP) is 2.97. The fourth-order valence-electron chi connectivity index (χ4n) is 4.21. The summed E-state index contributed by atoms with van der Waals surface area (Å²) in [5.41, 5.74) is -0.0439. The zero-order valence-corrected chi connectivity index (χ0v) is 13.5. The summed E-state index contributed by atoms with van der Waals surface area (Å²) in [7, 11) is 1.99. The topological polar surface area (TPSA) is 41.5 Å². The highest BCUT2D eigenvalue weighted by Crippen LogP contribution is 2.38. The van der Waals surface area contributed by atoms with Crippen LogP contribution < -0.4 is 5.32 Å². The fourth-order valence-corrected chi connectivity index (χ4v) is 4.21. The lowest BCUT2D eigenvalue weighted by Crippen LogP contribution is -2.49. The van der Waals surface area contributed by atoms with Crippen molar-refractivity contribution in [3.05, 3.63) is 0 Å². The molecule has 2 saturated carbocycles. The lowest BCUT2D eigenvalue weighted by atomic mass is 9.80. The van der Waals surface area contributed by atoms with Crippen LogP contribution in [0.5, 0.6) is 0 Å². The Balaban J connectivity index is 1.73. The van der Waals surface area contributed by atoms with E-state index in [9.17, 15) is 5.11 Å². The molecule has 2 aliphatic rings. The Morgan fingerprint density at radius 2 is 2.00 bits per heavy atom. The number of aliphatic hydroxyl groups excluding tert-OH is 1. The molecule has 0 spiro atoms. The van der Waals surface area contributed by atoms with Crippen molar-refractivity contribution >= 4 is 0 Å². The van der Waals surface area contributed by atoms with E-state index in [4.69, 9.17) is 4.74 Å². The number of likely N-dealkylation sites (N-methyl/N-ethyl adjacent to an activating group) is 1. The second kappa shape index (κ2) is 7.24. The minimum atomic E-state index is -0.0439. The molecule has 0 aromatic heterocycles. The van der Waals surface area contributed by atoms with Crippen molar-refractivity contribution in [3.63, 3.8) is 0 Å². The van der Waals surface area contributed by atoms with Gasteiger partial charge in [0.15, 0.2) is 0 Å². The number of ether oxygens (including phenoxy) is 1. The molecule has 2 fully saturated rings. The molecule has 0 aromatic rings. The Bertz CT molecular complexity index is 291. The molecule has 118 valence electrons.